The number of hydrogen-bond donors (Lipinski definition) is 0. The number of esters is 1. The molecule has 0 aliphatic carbocycles. The van der Waals surface area contributed by atoms with Gasteiger partial charge in [0.25, 0.3) is 5.91 Å². The van der Waals surface area contributed by atoms with Crippen LogP contribution in [0.25, 0.3) is 16.3 Å². The van der Waals surface area contributed by atoms with Crippen LogP contribution in [0.1, 0.15) is 11.8 Å². The van der Waals surface area contributed by atoms with E-state index >= 15 is 0 Å². The second-order valence-electron chi connectivity index (χ2n) is 5.16. The van der Waals surface area contributed by atoms with Gasteiger partial charge >= 0.3 is 5.97 Å². The molecule has 134 valence electrons. The third kappa shape index (κ3) is 4.14. The van der Waals surface area contributed by atoms with E-state index in [1.807, 2.05) is 17.5 Å². The zero-order chi connectivity index (χ0) is 18.5. The van der Waals surface area contributed by atoms with Gasteiger partial charge in [-0.3, -0.25) is 9.59 Å². The van der Waals surface area contributed by atoms with Crippen molar-refractivity contribution in [1.29, 1.82) is 0 Å². The summed E-state index contributed by atoms with van der Waals surface area (Å²) in [4.78, 5) is 29.3. The monoisotopic (exact) mass is 390 g/mol. The molecule has 2 aromatic heterocycles. The lowest BCUT2D eigenvalue weighted by molar-refractivity contribution is -0.143. The molecule has 0 radical (unpaired) electrons. The van der Waals surface area contributed by atoms with Crippen molar-refractivity contribution < 1.29 is 18.7 Å². The van der Waals surface area contributed by atoms with Crippen molar-refractivity contribution in [2.24, 2.45) is 4.99 Å². The second-order valence-corrected chi connectivity index (χ2v) is 7.15. The summed E-state index contributed by atoms with van der Waals surface area (Å²) in [5, 5.41) is 1.91. The minimum atomic E-state index is -0.515. The van der Waals surface area contributed by atoms with E-state index in [2.05, 4.69) is 4.99 Å². The smallest absolute Gasteiger partial charge is 0.326 e. The lowest BCUT2D eigenvalue weighted by Crippen LogP contribution is -2.23. The van der Waals surface area contributed by atoms with E-state index in [-0.39, 0.29) is 23.5 Å². The highest BCUT2D eigenvalue weighted by Gasteiger charge is 2.14. The summed E-state index contributed by atoms with van der Waals surface area (Å²) in [6.07, 6.45) is 3.02. The third-order valence-electron chi connectivity index (χ3n) is 3.38. The fourth-order valence-electron chi connectivity index (χ4n) is 2.33. The molecule has 5 nitrogen and oxygen atoms in total. The molecule has 2 heterocycles. The first kappa shape index (κ1) is 18.2. The number of halogens is 1. The zero-order valence-electron chi connectivity index (χ0n) is 13.8. The van der Waals surface area contributed by atoms with Gasteiger partial charge in [-0.05, 0) is 36.6 Å². The van der Waals surface area contributed by atoms with Crippen LogP contribution in [-0.2, 0) is 20.9 Å². The van der Waals surface area contributed by atoms with E-state index < -0.39 is 17.7 Å². The van der Waals surface area contributed by atoms with Gasteiger partial charge < -0.3 is 9.30 Å². The molecule has 26 heavy (non-hydrogen) atoms. The number of hydrogen-bond acceptors (Lipinski definition) is 5. The molecule has 0 atom stereocenters. The van der Waals surface area contributed by atoms with Crippen molar-refractivity contribution in [2.45, 2.75) is 13.5 Å². The summed E-state index contributed by atoms with van der Waals surface area (Å²) in [5.74, 6) is -1.48. The fraction of sp³-hybridized carbons (Fsp3) is 0.167. The van der Waals surface area contributed by atoms with Crippen LogP contribution in [0.5, 0.6) is 0 Å². The summed E-state index contributed by atoms with van der Waals surface area (Å²) in [7, 11) is 0. The highest BCUT2D eigenvalue weighted by atomic mass is 32.1. The highest BCUT2D eigenvalue weighted by Crippen LogP contribution is 2.20. The molecule has 0 bridgehead atoms. The SMILES string of the molecule is CCOC(=O)Cn1c(=NC(=O)/C=C/c2cccs2)sc2cccc(F)c21. The Hall–Kier alpha value is -2.58. The van der Waals surface area contributed by atoms with Crippen molar-refractivity contribution in [1.82, 2.24) is 4.57 Å². The Kier molecular flexibility index (Phi) is 5.75. The van der Waals surface area contributed by atoms with Gasteiger partial charge in [0, 0.05) is 11.0 Å². The Labute approximate surface area is 156 Å². The molecular weight excluding hydrogens is 375 g/mol. The quantitative estimate of drug-likeness (QED) is 0.494. The van der Waals surface area contributed by atoms with Crippen LogP contribution in [0.2, 0.25) is 0 Å². The summed E-state index contributed by atoms with van der Waals surface area (Å²) in [6.45, 7) is 1.70. The molecule has 0 aliphatic heterocycles. The van der Waals surface area contributed by atoms with E-state index in [1.165, 1.54) is 28.0 Å². The van der Waals surface area contributed by atoms with E-state index in [0.717, 1.165) is 16.2 Å². The minimum absolute atomic E-state index is 0.213. The summed E-state index contributed by atoms with van der Waals surface area (Å²) < 4.78 is 21.2. The molecular formula is C18H15FN2O3S2. The lowest BCUT2D eigenvalue weighted by atomic mass is 10.3. The van der Waals surface area contributed by atoms with Crippen LogP contribution < -0.4 is 4.80 Å². The first-order chi connectivity index (χ1) is 12.6. The van der Waals surface area contributed by atoms with Crippen LogP contribution >= 0.6 is 22.7 Å². The molecule has 0 spiro atoms. The van der Waals surface area contributed by atoms with Crippen molar-refractivity contribution in [2.75, 3.05) is 6.61 Å². The first-order valence-electron chi connectivity index (χ1n) is 7.82. The number of carbonyl (C=O) groups is 2. The number of nitrogens with zero attached hydrogens (tertiary/aromatic N) is 2. The summed E-state index contributed by atoms with van der Waals surface area (Å²) in [5.41, 5.74) is 0.235. The normalized spacial score (nSPS) is 12.2. The number of carbonyl (C=O) groups excluding carboxylic acids is 2. The average Bonchev–Trinajstić information content (AvgIpc) is 3.22. The number of rotatable bonds is 5. The molecule has 0 fully saturated rings. The number of amides is 1. The number of para-hydroxylation sites is 1. The van der Waals surface area contributed by atoms with Gasteiger partial charge in [-0.15, -0.1) is 11.3 Å². The average molecular weight is 390 g/mol. The van der Waals surface area contributed by atoms with Gasteiger partial charge in [0.1, 0.15) is 12.4 Å². The number of ether oxygens (including phenoxy) is 1. The number of fused-ring (bicyclic) bond motifs is 1. The molecule has 3 aromatic rings. The Bertz CT molecular complexity index is 1030. The van der Waals surface area contributed by atoms with Crippen molar-refractivity contribution in [3.63, 3.8) is 0 Å². The lowest BCUT2D eigenvalue weighted by Gasteiger charge is -2.05. The largest absolute Gasteiger partial charge is 0.465 e. The number of aromatic nitrogens is 1. The molecule has 0 saturated carbocycles. The molecule has 0 N–H and O–H groups in total. The molecule has 8 heteroatoms. The molecule has 0 aliphatic rings. The van der Waals surface area contributed by atoms with Gasteiger partial charge in [-0.2, -0.15) is 4.99 Å². The number of thiophene rings is 1. The van der Waals surface area contributed by atoms with Gasteiger partial charge in [-0.25, -0.2) is 4.39 Å². The maximum Gasteiger partial charge on any atom is 0.326 e. The van der Waals surface area contributed by atoms with E-state index in [0.29, 0.717) is 4.70 Å². The van der Waals surface area contributed by atoms with Crippen LogP contribution in [0.15, 0.2) is 46.8 Å². The van der Waals surface area contributed by atoms with Crippen LogP contribution in [0.3, 0.4) is 0 Å². The van der Waals surface area contributed by atoms with Crippen molar-refractivity contribution >= 4 is 50.8 Å². The predicted molar refractivity (Wildman–Crippen MR) is 100 cm³/mol. The number of benzene rings is 1. The topological polar surface area (TPSA) is 60.7 Å². The van der Waals surface area contributed by atoms with Gasteiger partial charge in [0.2, 0.25) is 0 Å². The molecule has 0 unspecified atom stereocenters. The standard InChI is InChI=1S/C18H15FN2O3S2/c1-2-24-16(23)11-21-17-13(19)6-3-7-14(17)26-18(21)20-15(22)9-8-12-5-4-10-25-12/h3-10H,2,11H2,1H3/b9-8+,20-18?. The fourth-order valence-corrected chi connectivity index (χ4v) is 3.99. The summed E-state index contributed by atoms with van der Waals surface area (Å²) in [6, 6.07) is 8.36. The van der Waals surface area contributed by atoms with Crippen LogP contribution in [0, 0.1) is 5.82 Å². The second kappa shape index (κ2) is 8.20. The van der Waals surface area contributed by atoms with E-state index in [9.17, 15) is 14.0 Å². The van der Waals surface area contributed by atoms with E-state index in [4.69, 9.17) is 4.74 Å². The molecule has 1 aromatic carbocycles. The first-order valence-corrected chi connectivity index (χ1v) is 9.52. The van der Waals surface area contributed by atoms with Crippen LogP contribution in [0.4, 0.5) is 4.39 Å². The maximum atomic E-state index is 14.3. The Morgan fingerprint density at radius 2 is 2.15 bits per heavy atom. The number of thiazole rings is 1. The Morgan fingerprint density at radius 1 is 1.31 bits per heavy atom. The molecule has 1 amide bonds. The molecule has 3 rings (SSSR count). The minimum Gasteiger partial charge on any atom is -0.465 e. The molecule has 0 saturated heterocycles. The zero-order valence-corrected chi connectivity index (χ0v) is 15.5. The Balaban J connectivity index is 2.02. The van der Waals surface area contributed by atoms with Gasteiger partial charge in [0.15, 0.2) is 4.80 Å². The van der Waals surface area contributed by atoms with Crippen LogP contribution in [-0.4, -0.2) is 23.1 Å². The van der Waals surface area contributed by atoms with Gasteiger partial charge in [-0.1, -0.05) is 23.5 Å². The van der Waals surface area contributed by atoms with Crippen molar-refractivity contribution in [3.05, 3.63) is 57.3 Å². The van der Waals surface area contributed by atoms with Gasteiger partial charge in [0.05, 0.1) is 16.8 Å². The predicted octanol–water partition coefficient (Wildman–Crippen LogP) is 3.61. The maximum absolute atomic E-state index is 14.3. The highest BCUT2D eigenvalue weighted by molar-refractivity contribution is 7.16. The third-order valence-corrected chi connectivity index (χ3v) is 5.26. The van der Waals surface area contributed by atoms with E-state index in [1.54, 1.807) is 25.1 Å². The Morgan fingerprint density at radius 3 is 2.88 bits per heavy atom. The van der Waals surface area contributed by atoms with Crippen molar-refractivity contribution in [3.8, 4) is 0 Å². The summed E-state index contributed by atoms with van der Waals surface area (Å²) >= 11 is 2.65.